The van der Waals surface area contributed by atoms with Crippen molar-refractivity contribution < 1.29 is 31.5 Å². The number of carbonyl (C=O) groups excluding carboxylic acids is 1. The first-order valence-electron chi connectivity index (χ1n) is 11.4. The summed E-state index contributed by atoms with van der Waals surface area (Å²) in [7, 11) is -3.65. The standard InChI is InChI=1S/C24H28F2N2O5S/c1-2-32-22-16-19(8-10-21(22)33-24(25)26)23(29)27-11-13-28(14-12-27)34(30,31)20-9-7-17-5-3-4-6-18(17)15-20/h7-10,15-16,24H,2-6,11-14H2,1H3. The number of rotatable bonds is 7. The van der Waals surface area contributed by atoms with E-state index in [-0.39, 0.29) is 55.8 Å². The lowest BCUT2D eigenvalue weighted by atomic mass is 9.92. The molecule has 7 nitrogen and oxygen atoms in total. The lowest BCUT2D eigenvalue weighted by molar-refractivity contribution is -0.0514. The Kier molecular flexibility index (Phi) is 7.37. The number of benzene rings is 2. The smallest absolute Gasteiger partial charge is 0.387 e. The van der Waals surface area contributed by atoms with Crippen LogP contribution >= 0.6 is 0 Å². The van der Waals surface area contributed by atoms with Crippen LogP contribution in [0.1, 0.15) is 41.3 Å². The van der Waals surface area contributed by atoms with Crippen LogP contribution in [0.5, 0.6) is 11.5 Å². The Morgan fingerprint density at radius 3 is 2.35 bits per heavy atom. The van der Waals surface area contributed by atoms with Gasteiger partial charge in [0.1, 0.15) is 0 Å². The van der Waals surface area contributed by atoms with Gasteiger partial charge in [-0.15, -0.1) is 0 Å². The number of ether oxygens (including phenoxy) is 2. The molecule has 1 aliphatic carbocycles. The van der Waals surface area contributed by atoms with Gasteiger partial charge in [0, 0.05) is 31.7 Å². The molecule has 2 aromatic rings. The van der Waals surface area contributed by atoms with Crippen molar-refractivity contribution in [2.75, 3.05) is 32.8 Å². The number of nitrogens with zero attached hydrogens (tertiary/aromatic N) is 2. The molecule has 4 rings (SSSR count). The number of aryl methyl sites for hydroxylation is 2. The summed E-state index contributed by atoms with van der Waals surface area (Å²) in [5, 5.41) is 0. The van der Waals surface area contributed by atoms with Crippen LogP contribution in [0, 0.1) is 0 Å². The van der Waals surface area contributed by atoms with Crippen molar-refractivity contribution in [3.05, 3.63) is 53.1 Å². The average molecular weight is 495 g/mol. The largest absolute Gasteiger partial charge is 0.490 e. The zero-order chi connectivity index (χ0) is 24.3. The topological polar surface area (TPSA) is 76.2 Å². The minimum Gasteiger partial charge on any atom is -0.490 e. The minimum atomic E-state index is -3.65. The molecule has 10 heteroatoms. The van der Waals surface area contributed by atoms with Gasteiger partial charge in [-0.05, 0) is 74.1 Å². The van der Waals surface area contributed by atoms with E-state index in [9.17, 15) is 22.0 Å². The first-order valence-corrected chi connectivity index (χ1v) is 12.9. The van der Waals surface area contributed by atoms with Crippen LogP contribution in [-0.4, -0.2) is 62.9 Å². The third-order valence-electron chi connectivity index (χ3n) is 6.19. The fourth-order valence-corrected chi connectivity index (χ4v) is 5.91. The third kappa shape index (κ3) is 5.17. The van der Waals surface area contributed by atoms with Gasteiger partial charge in [0.2, 0.25) is 10.0 Å². The van der Waals surface area contributed by atoms with Crippen LogP contribution in [0.15, 0.2) is 41.3 Å². The summed E-state index contributed by atoms with van der Waals surface area (Å²) in [5.41, 5.74) is 2.58. The van der Waals surface area contributed by atoms with Gasteiger partial charge in [-0.3, -0.25) is 4.79 Å². The lowest BCUT2D eigenvalue weighted by Gasteiger charge is -2.34. The van der Waals surface area contributed by atoms with E-state index in [1.165, 1.54) is 28.1 Å². The molecule has 2 aromatic carbocycles. The first-order chi connectivity index (χ1) is 16.3. The van der Waals surface area contributed by atoms with Crippen LogP contribution in [0.25, 0.3) is 0 Å². The number of amides is 1. The van der Waals surface area contributed by atoms with Gasteiger partial charge in [0.15, 0.2) is 11.5 Å². The molecule has 1 saturated heterocycles. The summed E-state index contributed by atoms with van der Waals surface area (Å²) >= 11 is 0. The molecule has 1 aliphatic heterocycles. The summed E-state index contributed by atoms with van der Waals surface area (Å²) in [4.78, 5) is 14.8. The summed E-state index contributed by atoms with van der Waals surface area (Å²) in [6, 6.07) is 9.44. The molecule has 1 fully saturated rings. The second-order valence-corrected chi connectivity index (χ2v) is 10.2. The van der Waals surface area contributed by atoms with Crippen molar-refractivity contribution >= 4 is 15.9 Å². The van der Waals surface area contributed by atoms with Crippen molar-refractivity contribution in [3.63, 3.8) is 0 Å². The summed E-state index contributed by atoms with van der Waals surface area (Å²) in [6.45, 7) is -0.290. The zero-order valence-corrected chi connectivity index (χ0v) is 19.8. The maximum Gasteiger partial charge on any atom is 0.387 e. The van der Waals surface area contributed by atoms with Gasteiger partial charge < -0.3 is 14.4 Å². The maximum absolute atomic E-state index is 13.2. The number of hydrogen-bond acceptors (Lipinski definition) is 5. The van der Waals surface area contributed by atoms with Gasteiger partial charge >= 0.3 is 6.61 Å². The van der Waals surface area contributed by atoms with Crippen molar-refractivity contribution in [3.8, 4) is 11.5 Å². The highest BCUT2D eigenvalue weighted by Gasteiger charge is 2.31. The lowest BCUT2D eigenvalue weighted by Crippen LogP contribution is -2.50. The Balaban J connectivity index is 1.44. The quantitative estimate of drug-likeness (QED) is 0.587. The molecular formula is C24H28F2N2O5S. The Morgan fingerprint density at radius 1 is 0.971 bits per heavy atom. The molecule has 0 N–H and O–H groups in total. The highest BCUT2D eigenvalue weighted by Crippen LogP contribution is 2.31. The Hall–Kier alpha value is -2.72. The van der Waals surface area contributed by atoms with Gasteiger partial charge in [-0.25, -0.2) is 8.42 Å². The fraction of sp³-hybridized carbons (Fsp3) is 0.458. The van der Waals surface area contributed by atoms with E-state index in [2.05, 4.69) is 4.74 Å². The minimum absolute atomic E-state index is 0.0577. The Labute approximate surface area is 198 Å². The molecule has 1 heterocycles. The monoisotopic (exact) mass is 494 g/mol. The van der Waals surface area contributed by atoms with Gasteiger partial charge in [-0.1, -0.05) is 6.07 Å². The normalized spacial score (nSPS) is 16.9. The molecule has 184 valence electrons. The summed E-state index contributed by atoms with van der Waals surface area (Å²) in [5.74, 6) is -0.410. The molecule has 0 bridgehead atoms. The van der Waals surface area contributed by atoms with E-state index in [1.54, 1.807) is 24.0 Å². The fourth-order valence-electron chi connectivity index (χ4n) is 4.44. The first kappa shape index (κ1) is 24.4. The van der Waals surface area contributed by atoms with Gasteiger partial charge in [0.05, 0.1) is 11.5 Å². The molecular weight excluding hydrogens is 466 g/mol. The van der Waals surface area contributed by atoms with Crippen molar-refractivity contribution in [1.82, 2.24) is 9.21 Å². The number of hydrogen-bond donors (Lipinski definition) is 0. The van der Waals surface area contributed by atoms with Crippen molar-refractivity contribution in [2.24, 2.45) is 0 Å². The maximum atomic E-state index is 13.2. The predicted octanol–water partition coefficient (Wildman–Crippen LogP) is 3.71. The molecule has 0 unspecified atom stereocenters. The van der Waals surface area contributed by atoms with E-state index < -0.39 is 16.6 Å². The number of sulfonamides is 1. The van der Waals surface area contributed by atoms with Gasteiger partial charge in [-0.2, -0.15) is 13.1 Å². The highest BCUT2D eigenvalue weighted by atomic mass is 32.2. The number of alkyl halides is 2. The summed E-state index contributed by atoms with van der Waals surface area (Å²) < 4.78 is 62.8. The molecule has 0 atom stereocenters. The second-order valence-electron chi connectivity index (χ2n) is 8.31. The van der Waals surface area contributed by atoms with Crippen molar-refractivity contribution in [1.29, 1.82) is 0 Å². The number of fused-ring (bicyclic) bond motifs is 1. The average Bonchev–Trinajstić information content (AvgIpc) is 2.84. The molecule has 34 heavy (non-hydrogen) atoms. The van der Waals surface area contributed by atoms with Crippen molar-refractivity contribution in [2.45, 2.75) is 44.1 Å². The van der Waals surface area contributed by atoms with Crippen LogP contribution in [0.4, 0.5) is 8.78 Å². The van der Waals surface area contributed by atoms with E-state index in [4.69, 9.17) is 4.74 Å². The molecule has 1 amide bonds. The van der Waals surface area contributed by atoms with E-state index >= 15 is 0 Å². The van der Waals surface area contributed by atoms with E-state index in [1.807, 2.05) is 6.07 Å². The van der Waals surface area contributed by atoms with Crippen LogP contribution in [0.2, 0.25) is 0 Å². The van der Waals surface area contributed by atoms with Gasteiger partial charge in [0.25, 0.3) is 5.91 Å². The van der Waals surface area contributed by atoms with Crippen LogP contribution in [0.3, 0.4) is 0 Å². The Bertz CT molecular complexity index is 1150. The van der Waals surface area contributed by atoms with E-state index in [0.29, 0.717) is 4.90 Å². The summed E-state index contributed by atoms with van der Waals surface area (Å²) in [6.07, 6.45) is 4.07. The molecule has 0 radical (unpaired) electrons. The molecule has 0 saturated carbocycles. The highest BCUT2D eigenvalue weighted by molar-refractivity contribution is 7.89. The molecule has 0 aromatic heterocycles. The number of piperazine rings is 1. The van der Waals surface area contributed by atoms with E-state index in [0.717, 1.165) is 31.2 Å². The third-order valence-corrected chi connectivity index (χ3v) is 8.08. The molecule has 2 aliphatic rings. The number of carbonyl (C=O) groups is 1. The SMILES string of the molecule is CCOc1cc(C(=O)N2CCN(S(=O)(=O)c3ccc4c(c3)CCCC4)CC2)ccc1OC(F)F. The van der Waals surface area contributed by atoms with Crippen LogP contribution < -0.4 is 9.47 Å². The number of halogens is 2. The predicted molar refractivity (Wildman–Crippen MR) is 122 cm³/mol. The molecule has 0 spiro atoms. The Morgan fingerprint density at radius 2 is 1.68 bits per heavy atom. The zero-order valence-electron chi connectivity index (χ0n) is 19.0. The van der Waals surface area contributed by atoms with Crippen LogP contribution in [-0.2, 0) is 22.9 Å². The second kappa shape index (κ2) is 10.3.